The van der Waals surface area contributed by atoms with Gasteiger partial charge >= 0.3 is 0 Å². The summed E-state index contributed by atoms with van der Waals surface area (Å²) < 4.78 is 13.6. The summed E-state index contributed by atoms with van der Waals surface area (Å²) in [6.45, 7) is 1.40. The van der Waals surface area contributed by atoms with Crippen LogP contribution in [0.3, 0.4) is 0 Å². The van der Waals surface area contributed by atoms with Crippen molar-refractivity contribution in [3.8, 4) is 0 Å². The molecule has 0 bridgehead atoms. The molecule has 0 aromatic heterocycles. The first-order chi connectivity index (χ1) is 8.60. The average Bonchev–Trinajstić information content (AvgIpc) is 2.29. The van der Waals surface area contributed by atoms with Gasteiger partial charge in [0.2, 0.25) is 0 Å². The SMILES string of the molecule is CSC[C@@H](CCO)Nc1cccc(F)c1C(C)=O. The van der Waals surface area contributed by atoms with Crippen LogP contribution in [0.1, 0.15) is 23.7 Å². The number of carbonyl (C=O) groups is 1. The molecule has 0 aliphatic heterocycles. The second-order valence-corrected chi connectivity index (χ2v) is 4.94. The van der Waals surface area contributed by atoms with E-state index >= 15 is 0 Å². The summed E-state index contributed by atoms with van der Waals surface area (Å²) in [5.74, 6) is -0.0316. The number of rotatable bonds is 7. The van der Waals surface area contributed by atoms with E-state index in [4.69, 9.17) is 5.11 Å². The summed E-state index contributed by atoms with van der Waals surface area (Å²) in [5.41, 5.74) is 0.580. The van der Waals surface area contributed by atoms with Crippen molar-refractivity contribution in [2.45, 2.75) is 19.4 Å². The van der Waals surface area contributed by atoms with Crippen molar-refractivity contribution in [2.75, 3.05) is 23.9 Å². The first-order valence-corrected chi connectivity index (χ1v) is 7.15. The van der Waals surface area contributed by atoms with Crippen LogP contribution in [0.2, 0.25) is 0 Å². The maximum absolute atomic E-state index is 13.6. The number of halogens is 1. The highest BCUT2D eigenvalue weighted by Gasteiger charge is 2.15. The molecule has 0 unspecified atom stereocenters. The van der Waals surface area contributed by atoms with Crippen LogP contribution < -0.4 is 5.32 Å². The van der Waals surface area contributed by atoms with E-state index in [9.17, 15) is 9.18 Å². The smallest absolute Gasteiger partial charge is 0.164 e. The minimum atomic E-state index is -0.514. The van der Waals surface area contributed by atoms with Crippen molar-refractivity contribution in [3.05, 3.63) is 29.6 Å². The number of anilines is 1. The molecule has 0 radical (unpaired) electrons. The highest BCUT2D eigenvalue weighted by molar-refractivity contribution is 7.98. The predicted octanol–water partition coefficient (Wildman–Crippen LogP) is 2.55. The molecule has 0 saturated heterocycles. The molecule has 0 aliphatic carbocycles. The number of thioether (sulfide) groups is 1. The Bertz CT molecular complexity index is 406. The summed E-state index contributed by atoms with van der Waals surface area (Å²) >= 11 is 1.64. The second kappa shape index (κ2) is 7.38. The first kappa shape index (κ1) is 15.0. The van der Waals surface area contributed by atoms with E-state index in [1.807, 2.05) is 6.26 Å². The minimum absolute atomic E-state index is 0.0184. The number of aliphatic hydroxyl groups is 1. The molecule has 0 aliphatic rings. The lowest BCUT2D eigenvalue weighted by Crippen LogP contribution is -2.25. The standard InChI is InChI=1S/C13H18FNO2S/c1-9(17)13-11(14)4-3-5-12(13)15-10(6-7-16)8-18-2/h3-5,10,15-16H,6-8H2,1-2H3/t10-/m1/s1. The summed E-state index contributed by atoms with van der Waals surface area (Å²) in [5, 5.41) is 12.1. The van der Waals surface area contributed by atoms with E-state index in [1.165, 1.54) is 13.0 Å². The van der Waals surface area contributed by atoms with Gasteiger partial charge in [-0.3, -0.25) is 4.79 Å². The van der Waals surface area contributed by atoms with E-state index in [-0.39, 0.29) is 24.0 Å². The van der Waals surface area contributed by atoms with E-state index in [0.717, 1.165) is 5.75 Å². The molecule has 0 spiro atoms. The maximum Gasteiger partial charge on any atom is 0.164 e. The van der Waals surface area contributed by atoms with Gasteiger partial charge in [-0.15, -0.1) is 0 Å². The van der Waals surface area contributed by atoms with Gasteiger partial charge in [0.15, 0.2) is 5.78 Å². The third-order valence-electron chi connectivity index (χ3n) is 2.57. The van der Waals surface area contributed by atoms with Gasteiger partial charge in [-0.05, 0) is 31.7 Å². The van der Waals surface area contributed by atoms with Gasteiger partial charge in [-0.1, -0.05) is 6.07 Å². The fourth-order valence-electron chi connectivity index (χ4n) is 1.78. The van der Waals surface area contributed by atoms with Crippen molar-refractivity contribution in [1.29, 1.82) is 0 Å². The van der Waals surface area contributed by atoms with E-state index in [1.54, 1.807) is 23.9 Å². The van der Waals surface area contributed by atoms with Gasteiger partial charge < -0.3 is 10.4 Å². The molecule has 3 nitrogen and oxygen atoms in total. The lowest BCUT2D eigenvalue weighted by molar-refractivity contribution is 0.101. The molecule has 1 aromatic rings. The third kappa shape index (κ3) is 3.99. The summed E-state index contributed by atoms with van der Waals surface area (Å²) in [6.07, 6.45) is 2.53. The Morgan fingerprint density at radius 1 is 1.56 bits per heavy atom. The van der Waals surface area contributed by atoms with Crippen LogP contribution >= 0.6 is 11.8 Å². The zero-order chi connectivity index (χ0) is 13.5. The monoisotopic (exact) mass is 271 g/mol. The second-order valence-electron chi connectivity index (χ2n) is 4.03. The minimum Gasteiger partial charge on any atom is -0.396 e. The van der Waals surface area contributed by atoms with Gasteiger partial charge in [0.05, 0.1) is 5.56 Å². The van der Waals surface area contributed by atoms with Crippen molar-refractivity contribution < 1.29 is 14.3 Å². The number of nitrogens with one attached hydrogen (secondary N) is 1. The largest absolute Gasteiger partial charge is 0.396 e. The van der Waals surface area contributed by atoms with Gasteiger partial charge in [0.25, 0.3) is 0 Å². The lowest BCUT2D eigenvalue weighted by Gasteiger charge is -2.20. The number of hydrogen-bond acceptors (Lipinski definition) is 4. The molecule has 0 fully saturated rings. The van der Waals surface area contributed by atoms with Gasteiger partial charge in [0.1, 0.15) is 5.82 Å². The van der Waals surface area contributed by atoms with E-state index in [2.05, 4.69) is 5.32 Å². The van der Waals surface area contributed by atoms with Crippen LogP contribution in [-0.2, 0) is 0 Å². The lowest BCUT2D eigenvalue weighted by atomic mass is 10.1. The third-order valence-corrected chi connectivity index (χ3v) is 3.31. The van der Waals surface area contributed by atoms with Crippen LogP contribution in [0.15, 0.2) is 18.2 Å². The number of hydrogen-bond donors (Lipinski definition) is 2. The molecular weight excluding hydrogens is 253 g/mol. The molecule has 1 aromatic carbocycles. The molecule has 0 heterocycles. The quantitative estimate of drug-likeness (QED) is 0.748. The Labute approximate surface area is 111 Å². The number of ketones is 1. The molecule has 2 N–H and O–H groups in total. The Balaban J connectivity index is 2.94. The summed E-state index contributed by atoms with van der Waals surface area (Å²) in [4.78, 5) is 11.4. The van der Waals surface area contributed by atoms with Crippen LogP contribution in [0.25, 0.3) is 0 Å². The summed E-state index contributed by atoms with van der Waals surface area (Å²) in [7, 11) is 0. The normalized spacial score (nSPS) is 12.2. The molecule has 100 valence electrons. The Kier molecular flexibility index (Phi) is 6.15. The molecule has 0 saturated carbocycles. The highest BCUT2D eigenvalue weighted by Crippen LogP contribution is 2.21. The maximum atomic E-state index is 13.6. The fourth-order valence-corrected chi connectivity index (χ4v) is 2.43. The Morgan fingerprint density at radius 2 is 2.28 bits per heavy atom. The van der Waals surface area contributed by atoms with Gasteiger partial charge in [-0.2, -0.15) is 11.8 Å². The van der Waals surface area contributed by atoms with Gasteiger partial charge in [-0.25, -0.2) is 4.39 Å². The van der Waals surface area contributed by atoms with Crippen LogP contribution in [0.4, 0.5) is 10.1 Å². The van der Waals surface area contributed by atoms with Crippen molar-refractivity contribution in [1.82, 2.24) is 0 Å². The molecule has 18 heavy (non-hydrogen) atoms. The average molecular weight is 271 g/mol. The Morgan fingerprint density at radius 3 is 2.83 bits per heavy atom. The fraction of sp³-hybridized carbons (Fsp3) is 0.462. The van der Waals surface area contributed by atoms with Crippen molar-refractivity contribution >= 4 is 23.2 Å². The molecular formula is C13H18FNO2S. The molecule has 0 amide bonds. The molecule has 1 rings (SSSR count). The van der Waals surface area contributed by atoms with Crippen molar-refractivity contribution in [2.24, 2.45) is 0 Å². The van der Waals surface area contributed by atoms with Crippen molar-refractivity contribution in [3.63, 3.8) is 0 Å². The zero-order valence-corrected chi connectivity index (χ0v) is 11.4. The van der Waals surface area contributed by atoms with E-state index < -0.39 is 5.82 Å². The Hall–Kier alpha value is -1.07. The van der Waals surface area contributed by atoms with Crippen LogP contribution in [0.5, 0.6) is 0 Å². The number of benzene rings is 1. The molecule has 1 atom stereocenters. The first-order valence-electron chi connectivity index (χ1n) is 5.76. The van der Waals surface area contributed by atoms with Crippen LogP contribution in [0, 0.1) is 5.82 Å². The predicted molar refractivity (Wildman–Crippen MR) is 73.9 cm³/mol. The highest BCUT2D eigenvalue weighted by atomic mass is 32.2. The summed E-state index contributed by atoms with van der Waals surface area (Å²) in [6, 6.07) is 4.55. The molecule has 5 heteroatoms. The van der Waals surface area contributed by atoms with Crippen LogP contribution in [-0.4, -0.2) is 35.5 Å². The number of Topliss-reactive ketones (excluding diaryl/α,β-unsaturated/α-hetero) is 1. The van der Waals surface area contributed by atoms with E-state index in [0.29, 0.717) is 12.1 Å². The zero-order valence-electron chi connectivity index (χ0n) is 10.6. The van der Waals surface area contributed by atoms with Gasteiger partial charge in [0, 0.05) is 24.1 Å². The number of carbonyl (C=O) groups excluding carboxylic acids is 1. The topological polar surface area (TPSA) is 49.3 Å². The number of aliphatic hydroxyl groups excluding tert-OH is 1.